The molecule has 0 bridgehead atoms. The Morgan fingerprint density at radius 2 is 1.21 bits per heavy atom. The maximum absolute atomic E-state index is 13.4. The Morgan fingerprint density at radius 3 is 1.65 bits per heavy atom. The van der Waals surface area contributed by atoms with Gasteiger partial charge in [0.2, 0.25) is 22.9 Å². The molecule has 1 heterocycles. The Bertz CT molecular complexity index is 1420. The number of rotatable bonds is 6. The number of piperidine rings is 1. The van der Waals surface area contributed by atoms with Crippen LogP contribution in [0.15, 0.2) is 30.3 Å². The lowest BCUT2D eigenvalue weighted by Gasteiger charge is -2.66. The van der Waals surface area contributed by atoms with E-state index < -0.39 is 103 Å². The summed E-state index contributed by atoms with van der Waals surface area (Å²) in [5, 5.41) is 163. The number of ether oxygens (including phenoxy) is 2. The molecule has 2 aromatic carbocycles. The van der Waals surface area contributed by atoms with Gasteiger partial charge in [0.05, 0.1) is 25.7 Å². The molecule has 0 saturated carbocycles. The zero-order valence-electron chi connectivity index (χ0n) is 22.1. The molecule has 0 radical (unpaired) electrons. The molecule has 1 aliphatic carbocycles. The molecule has 0 spiro atoms. The molecule has 19 heteroatoms. The van der Waals surface area contributed by atoms with Crippen molar-refractivity contribution in [3.05, 3.63) is 47.0 Å². The number of benzene rings is 2. The van der Waals surface area contributed by atoms with Crippen molar-refractivity contribution in [3.8, 4) is 23.0 Å². The zero-order valence-corrected chi connectivity index (χ0v) is 22.1. The summed E-state index contributed by atoms with van der Waals surface area (Å²) >= 11 is 0. The number of phenolic OH excluding ortho intramolecular Hbond substituents is 2. The summed E-state index contributed by atoms with van der Waals surface area (Å²) in [5.74, 6) is -37.7. The van der Waals surface area contributed by atoms with Crippen molar-refractivity contribution < 1.29 is 90.9 Å². The normalized spacial score (nSPS) is 24.0. The van der Waals surface area contributed by atoms with Crippen molar-refractivity contribution in [1.82, 2.24) is 4.90 Å². The number of likely N-dealkylation sites (tertiary alicyclic amines) is 1. The third-order valence-electron chi connectivity index (χ3n) is 7.90. The number of ketones is 1. The van der Waals surface area contributed by atoms with Gasteiger partial charge in [-0.25, -0.2) is 0 Å². The summed E-state index contributed by atoms with van der Waals surface area (Å²) in [4.78, 5) is 12.0. The van der Waals surface area contributed by atoms with Crippen molar-refractivity contribution in [2.75, 3.05) is 14.2 Å². The number of aromatic hydroxyl groups is 2. The van der Waals surface area contributed by atoms with E-state index in [9.17, 15) is 81.4 Å². The Kier molecular flexibility index (Phi) is 7.12. The Labute approximate surface area is 239 Å². The minimum Gasteiger partial charge on any atom is -0.504 e. The standard InChI is InChI=1S/C24H29NO18/c1-42-16-13(26)10-8-11(14(27)12(10)15(28)17(16)43-2)18(29,30)20(33)21(34,35)23(38,39)25(24(40,41)22(20,36)37)19(31,32)9-6-4-3-5-7-9/h3-7,11,26,28-41H,8H2,1-2H3. The van der Waals surface area contributed by atoms with Gasteiger partial charge in [0.1, 0.15) is 0 Å². The van der Waals surface area contributed by atoms with Crippen LogP contribution in [0.25, 0.3) is 0 Å². The van der Waals surface area contributed by atoms with Crippen molar-refractivity contribution in [1.29, 1.82) is 0 Å². The molecule has 4 rings (SSSR count). The van der Waals surface area contributed by atoms with E-state index in [1.54, 1.807) is 0 Å². The minimum atomic E-state index is -5.31. The molecular formula is C24H29NO18. The van der Waals surface area contributed by atoms with E-state index in [-0.39, 0.29) is 0 Å². The molecule has 1 atom stereocenters. The lowest BCUT2D eigenvalue weighted by atomic mass is 9.65. The predicted octanol–water partition coefficient (Wildman–Crippen LogP) is -6.37. The van der Waals surface area contributed by atoms with E-state index in [0.29, 0.717) is 0 Å². The maximum Gasteiger partial charge on any atom is 0.294 e. The molecule has 1 aliphatic heterocycles. The van der Waals surface area contributed by atoms with Crippen LogP contribution < -0.4 is 9.47 Å². The summed E-state index contributed by atoms with van der Waals surface area (Å²) < 4.78 is 9.77. The van der Waals surface area contributed by atoms with Gasteiger partial charge in [-0.1, -0.05) is 30.3 Å². The molecule has 0 aromatic heterocycles. The van der Waals surface area contributed by atoms with Gasteiger partial charge in [0, 0.05) is 11.1 Å². The number of carbonyl (C=O) groups is 1. The molecule has 1 saturated heterocycles. The van der Waals surface area contributed by atoms with Crippen molar-refractivity contribution in [2.24, 2.45) is 5.92 Å². The predicted molar refractivity (Wildman–Crippen MR) is 130 cm³/mol. The smallest absolute Gasteiger partial charge is 0.294 e. The summed E-state index contributed by atoms with van der Waals surface area (Å²) in [6.07, 6.45) is -1.22. The van der Waals surface area contributed by atoms with Gasteiger partial charge in [-0.15, -0.1) is 4.90 Å². The van der Waals surface area contributed by atoms with Crippen molar-refractivity contribution in [3.63, 3.8) is 0 Å². The van der Waals surface area contributed by atoms with Crippen LogP contribution in [-0.4, -0.2) is 136 Å². The highest BCUT2D eigenvalue weighted by Gasteiger charge is 2.92. The zero-order chi connectivity index (χ0) is 32.9. The minimum absolute atomic E-state index is 0.587. The molecule has 19 nitrogen and oxygen atoms in total. The van der Waals surface area contributed by atoms with Gasteiger partial charge < -0.3 is 86.1 Å². The molecule has 2 aliphatic rings. The van der Waals surface area contributed by atoms with Gasteiger partial charge >= 0.3 is 0 Å². The van der Waals surface area contributed by atoms with E-state index in [1.165, 1.54) is 6.07 Å². The first-order valence-electron chi connectivity index (χ1n) is 12.0. The van der Waals surface area contributed by atoms with E-state index in [1.807, 2.05) is 0 Å². The van der Waals surface area contributed by atoms with Gasteiger partial charge in [-0.05, 0) is 6.42 Å². The summed E-state index contributed by atoms with van der Waals surface area (Å²) in [7, 11) is 1.97. The number of nitrogens with zero attached hydrogens (tertiary/aromatic N) is 1. The third kappa shape index (κ3) is 3.65. The molecule has 43 heavy (non-hydrogen) atoms. The SMILES string of the molecule is COc1c(O)c2c(c(O)c1OC)C(=O)C(C(O)(O)C1(O)C(O)(O)C(O)(O)N(C(O)(O)c3ccccc3)C(O)(O)C1(O)O)C2. The fourth-order valence-corrected chi connectivity index (χ4v) is 5.61. The second-order valence-electron chi connectivity index (χ2n) is 10.1. The summed E-state index contributed by atoms with van der Waals surface area (Å²) in [6.45, 7) is 0. The van der Waals surface area contributed by atoms with Gasteiger partial charge in [-0.3, -0.25) is 4.79 Å². The maximum atomic E-state index is 13.4. The van der Waals surface area contributed by atoms with Crippen LogP contribution in [0, 0.1) is 5.92 Å². The van der Waals surface area contributed by atoms with Crippen LogP contribution in [0.2, 0.25) is 0 Å². The highest BCUT2D eigenvalue weighted by molar-refractivity contribution is 6.07. The average Bonchev–Trinajstić information content (AvgIpc) is 3.27. The number of methoxy groups -OCH3 is 2. The number of phenols is 2. The van der Waals surface area contributed by atoms with Crippen LogP contribution in [0.5, 0.6) is 23.0 Å². The first kappa shape index (κ1) is 32.7. The van der Waals surface area contributed by atoms with Crippen molar-refractivity contribution >= 4 is 5.78 Å². The molecule has 0 amide bonds. The topological polar surface area (TPSA) is 342 Å². The second-order valence-corrected chi connectivity index (χ2v) is 10.1. The first-order valence-corrected chi connectivity index (χ1v) is 12.0. The second kappa shape index (κ2) is 9.37. The highest BCUT2D eigenvalue weighted by Crippen LogP contribution is 2.60. The van der Waals surface area contributed by atoms with Crippen LogP contribution in [0.1, 0.15) is 21.5 Å². The fourth-order valence-electron chi connectivity index (χ4n) is 5.61. The van der Waals surface area contributed by atoms with Crippen molar-refractivity contribution in [2.45, 2.75) is 47.1 Å². The number of carbonyl (C=O) groups excluding carboxylic acids is 1. The van der Waals surface area contributed by atoms with E-state index >= 15 is 0 Å². The van der Waals surface area contributed by atoms with Crippen LogP contribution in [0.3, 0.4) is 0 Å². The molecule has 238 valence electrons. The largest absolute Gasteiger partial charge is 0.504 e. The average molecular weight is 619 g/mol. The third-order valence-corrected chi connectivity index (χ3v) is 7.90. The summed E-state index contributed by atoms with van der Waals surface area (Å²) in [5.41, 5.74) is -7.83. The Hall–Kier alpha value is -3.25. The molecule has 1 unspecified atom stereocenters. The quantitative estimate of drug-likeness (QED) is 0.105. The van der Waals surface area contributed by atoms with Gasteiger partial charge in [0.15, 0.2) is 17.3 Å². The summed E-state index contributed by atoms with van der Waals surface area (Å²) in [6, 6.07) is 5.05. The van der Waals surface area contributed by atoms with E-state index in [2.05, 4.69) is 0 Å². The number of fused-ring (bicyclic) bond motifs is 1. The number of hydrogen-bond acceptors (Lipinski definition) is 19. The fraction of sp³-hybridized carbons (Fsp3) is 0.458. The number of Topliss-reactive ketones (excluding diaryl/α,β-unsaturated/α-hetero) is 1. The van der Waals surface area contributed by atoms with E-state index in [4.69, 9.17) is 9.47 Å². The highest BCUT2D eigenvalue weighted by atomic mass is 16.7. The Balaban J connectivity index is 1.95. The Morgan fingerprint density at radius 1 is 0.767 bits per heavy atom. The van der Waals surface area contributed by atoms with Gasteiger partial charge in [-0.2, -0.15) is 0 Å². The molecule has 1 fully saturated rings. The van der Waals surface area contributed by atoms with Crippen LogP contribution in [0.4, 0.5) is 0 Å². The van der Waals surface area contributed by atoms with Crippen LogP contribution in [-0.2, 0) is 12.3 Å². The monoisotopic (exact) mass is 619 g/mol. The lowest BCUT2D eigenvalue weighted by Crippen LogP contribution is -2.99. The van der Waals surface area contributed by atoms with Crippen LogP contribution >= 0.6 is 0 Å². The number of aliphatic hydroxyl groups is 13. The molecular weight excluding hydrogens is 590 g/mol. The lowest BCUT2D eigenvalue weighted by molar-refractivity contribution is -0.646. The molecule has 15 N–H and O–H groups in total. The molecule has 2 aromatic rings. The first-order chi connectivity index (χ1) is 19.5. The number of hydrogen-bond donors (Lipinski definition) is 15. The van der Waals surface area contributed by atoms with E-state index in [0.717, 1.165) is 38.5 Å². The van der Waals surface area contributed by atoms with Gasteiger partial charge in [0.25, 0.3) is 29.3 Å².